The standard InChI is InChI=1S/C15H25NO3/c1-4-18-10-6-9-16-12-13-7-8-14(17-3)15(11-13)19-5-2/h7-8,11,16H,4-6,9-10,12H2,1-3H3/p+1. The molecule has 0 fully saturated rings. The van der Waals surface area contributed by atoms with Gasteiger partial charge in [-0.05, 0) is 32.0 Å². The molecule has 0 aliphatic heterocycles. The molecule has 0 bridgehead atoms. The molecule has 0 atom stereocenters. The topological polar surface area (TPSA) is 44.3 Å². The predicted octanol–water partition coefficient (Wildman–Crippen LogP) is 1.58. The average molecular weight is 268 g/mol. The molecule has 0 saturated carbocycles. The molecule has 108 valence electrons. The number of benzene rings is 1. The van der Waals surface area contributed by atoms with E-state index in [0.717, 1.165) is 44.2 Å². The van der Waals surface area contributed by atoms with Gasteiger partial charge in [-0.25, -0.2) is 0 Å². The minimum Gasteiger partial charge on any atom is -0.493 e. The first kappa shape index (κ1) is 15.8. The van der Waals surface area contributed by atoms with Crippen molar-refractivity contribution >= 4 is 0 Å². The summed E-state index contributed by atoms with van der Waals surface area (Å²) in [6, 6.07) is 6.11. The molecule has 0 aromatic heterocycles. The van der Waals surface area contributed by atoms with Crippen LogP contribution in [0.25, 0.3) is 0 Å². The minimum atomic E-state index is 0.651. The van der Waals surface area contributed by atoms with Crippen LogP contribution in [0.5, 0.6) is 11.5 Å². The molecule has 4 nitrogen and oxygen atoms in total. The van der Waals surface area contributed by atoms with Gasteiger partial charge in [0.25, 0.3) is 0 Å². The lowest BCUT2D eigenvalue weighted by Gasteiger charge is -2.10. The van der Waals surface area contributed by atoms with Crippen molar-refractivity contribution in [2.75, 3.05) is 33.5 Å². The van der Waals surface area contributed by atoms with Crippen molar-refractivity contribution in [1.29, 1.82) is 0 Å². The maximum atomic E-state index is 5.57. The van der Waals surface area contributed by atoms with Gasteiger partial charge in [0, 0.05) is 18.6 Å². The summed E-state index contributed by atoms with van der Waals surface area (Å²) in [7, 11) is 1.66. The lowest BCUT2D eigenvalue weighted by molar-refractivity contribution is -0.671. The van der Waals surface area contributed by atoms with Crippen molar-refractivity contribution in [3.05, 3.63) is 23.8 Å². The van der Waals surface area contributed by atoms with Crippen molar-refractivity contribution in [1.82, 2.24) is 0 Å². The Bertz CT molecular complexity index is 355. The number of nitrogens with two attached hydrogens (primary N) is 1. The van der Waals surface area contributed by atoms with Crippen LogP contribution in [0.3, 0.4) is 0 Å². The minimum absolute atomic E-state index is 0.651. The van der Waals surface area contributed by atoms with Crippen LogP contribution >= 0.6 is 0 Å². The fraction of sp³-hybridized carbons (Fsp3) is 0.600. The first-order chi connectivity index (χ1) is 9.31. The van der Waals surface area contributed by atoms with E-state index >= 15 is 0 Å². The van der Waals surface area contributed by atoms with Gasteiger partial charge in [0.1, 0.15) is 6.54 Å². The predicted molar refractivity (Wildman–Crippen MR) is 75.8 cm³/mol. The van der Waals surface area contributed by atoms with Gasteiger partial charge in [-0.3, -0.25) is 0 Å². The highest BCUT2D eigenvalue weighted by Gasteiger charge is 2.06. The van der Waals surface area contributed by atoms with Gasteiger partial charge in [-0.2, -0.15) is 0 Å². The highest BCUT2D eigenvalue weighted by molar-refractivity contribution is 5.42. The number of methoxy groups -OCH3 is 1. The molecule has 1 aromatic rings. The third kappa shape index (κ3) is 5.94. The van der Waals surface area contributed by atoms with Gasteiger partial charge >= 0.3 is 0 Å². The average Bonchev–Trinajstić information content (AvgIpc) is 2.43. The summed E-state index contributed by atoms with van der Waals surface area (Å²) in [4.78, 5) is 0. The zero-order chi connectivity index (χ0) is 13.9. The first-order valence-corrected chi connectivity index (χ1v) is 7.00. The number of rotatable bonds is 10. The summed E-state index contributed by atoms with van der Waals surface area (Å²) in [5, 5.41) is 2.29. The maximum absolute atomic E-state index is 5.57. The van der Waals surface area contributed by atoms with Crippen molar-refractivity contribution < 1.29 is 19.5 Å². The second-order valence-electron chi connectivity index (χ2n) is 4.25. The van der Waals surface area contributed by atoms with Crippen LogP contribution in [0.15, 0.2) is 18.2 Å². The second kappa shape index (κ2) is 9.64. The molecule has 0 aliphatic rings. The van der Waals surface area contributed by atoms with Gasteiger partial charge in [-0.1, -0.05) is 0 Å². The number of ether oxygens (including phenoxy) is 3. The Balaban J connectivity index is 2.39. The molecule has 0 saturated heterocycles. The van der Waals surface area contributed by atoms with Crippen LogP contribution in [0.4, 0.5) is 0 Å². The SMILES string of the molecule is CCOCCC[NH2+]Cc1ccc(OC)c(OCC)c1. The Hall–Kier alpha value is -1.26. The van der Waals surface area contributed by atoms with Crippen molar-refractivity contribution in [2.24, 2.45) is 0 Å². The number of quaternary nitrogens is 1. The molecule has 0 heterocycles. The van der Waals surface area contributed by atoms with Gasteiger partial charge in [0.2, 0.25) is 0 Å². The smallest absolute Gasteiger partial charge is 0.161 e. The molecule has 1 aromatic carbocycles. The Morgan fingerprint density at radius 3 is 2.63 bits per heavy atom. The molecule has 1 rings (SSSR count). The largest absolute Gasteiger partial charge is 0.493 e. The fourth-order valence-corrected chi connectivity index (χ4v) is 1.86. The van der Waals surface area contributed by atoms with E-state index < -0.39 is 0 Å². The van der Waals surface area contributed by atoms with E-state index in [1.54, 1.807) is 7.11 Å². The van der Waals surface area contributed by atoms with E-state index in [0.29, 0.717) is 6.61 Å². The lowest BCUT2D eigenvalue weighted by atomic mass is 10.2. The van der Waals surface area contributed by atoms with Gasteiger partial charge < -0.3 is 19.5 Å². The van der Waals surface area contributed by atoms with Crippen LogP contribution in [0.1, 0.15) is 25.8 Å². The molecular weight excluding hydrogens is 242 g/mol. The Kier molecular flexibility index (Phi) is 8.02. The third-order valence-electron chi connectivity index (χ3n) is 2.81. The molecular formula is C15H26NO3+. The fourth-order valence-electron chi connectivity index (χ4n) is 1.86. The van der Waals surface area contributed by atoms with Crippen LogP contribution in [0.2, 0.25) is 0 Å². The highest BCUT2D eigenvalue weighted by atomic mass is 16.5. The zero-order valence-corrected chi connectivity index (χ0v) is 12.3. The zero-order valence-electron chi connectivity index (χ0n) is 12.3. The molecule has 0 aliphatic carbocycles. The number of hydrogen-bond donors (Lipinski definition) is 1. The second-order valence-corrected chi connectivity index (χ2v) is 4.25. The van der Waals surface area contributed by atoms with Crippen LogP contribution in [-0.4, -0.2) is 33.5 Å². The van der Waals surface area contributed by atoms with Crippen LogP contribution < -0.4 is 14.8 Å². The van der Waals surface area contributed by atoms with Gasteiger partial charge in [0.15, 0.2) is 11.5 Å². The monoisotopic (exact) mass is 268 g/mol. The summed E-state index contributed by atoms with van der Waals surface area (Å²) >= 11 is 0. The van der Waals surface area contributed by atoms with E-state index in [1.165, 1.54) is 5.56 Å². The normalized spacial score (nSPS) is 10.5. The van der Waals surface area contributed by atoms with Crippen LogP contribution in [-0.2, 0) is 11.3 Å². The maximum Gasteiger partial charge on any atom is 0.161 e. The summed E-state index contributed by atoms with van der Waals surface area (Å²) in [5.41, 5.74) is 1.25. The van der Waals surface area contributed by atoms with E-state index in [4.69, 9.17) is 14.2 Å². The van der Waals surface area contributed by atoms with E-state index in [2.05, 4.69) is 17.4 Å². The summed E-state index contributed by atoms with van der Waals surface area (Å²) in [6.45, 7) is 8.34. The van der Waals surface area contributed by atoms with E-state index in [1.807, 2.05) is 19.9 Å². The third-order valence-corrected chi connectivity index (χ3v) is 2.81. The molecule has 0 spiro atoms. The molecule has 4 heteroatoms. The van der Waals surface area contributed by atoms with Crippen molar-refractivity contribution in [2.45, 2.75) is 26.8 Å². The van der Waals surface area contributed by atoms with Crippen molar-refractivity contribution in [3.63, 3.8) is 0 Å². The van der Waals surface area contributed by atoms with E-state index in [-0.39, 0.29) is 0 Å². The molecule has 0 amide bonds. The Morgan fingerprint density at radius 1 is 1.11 bits per heavy atom. The summed E-state index contributed by atoms with van der Waals surface area (Å²) in [6.07, 6.45) is 1.09. The van der Waals surface area contributed by atoms with E-state index in [9.17, 15) is 0 Å². The Labute approximate surface area is 116 Å². The van der Waals surface area contributed by atoms with Crippen molar-refractivity contribution in [3.8, 4) is 11.5 Å². The summed E-state index contributed by atoms with van der Waals surface area (Å²) in [5.74, 6) is 1.62. The van der Waals surface area contributed by atoms with Crippen LogP contribution in [0, 0.1) is 0 Å². The molecule has 19 heavy (non-hydrogen) atoms. The number of hydrogen-bond acceptors (Lipinski definition) is 3. The molecule has 0 radical (unpaired) electrons. The first-order valence-electron chi connectivity index (χ1n) is 7.00. The quantitative estimate of drug-likeness (QED) is 0.655. The molecule has 0 unspecified atom stereocenters. The Morgan fingerprint density at radius 2 is 1.95 bits per heavy atom. The van der Waals surface area contributed by atoms with Gasteiger partial charge in [-0.15, -0.1) is 0 Å². The highest BCUT2D eigenvalue weighted by Crippen LogP contribution is 2.27. The van der Waals surface area contributed by atoms with Gasteiger partial charge in [0.05, 0.1) is 26.9 Å². The lowest BCUT2D eigenvalue weighted by Crippen LogP contribution is -2.82. The summed E-state index contributed by atoms with van der Waals surface area (Å²) < 4.78 is 16.2. The molecule has 2 N–H and O–H groups in total.